The Morgan fingerprint density at radius 3 is 1.97 bits per heavy atom. The zero-order valence-corrected chi connectivity index (χ0v) is 24.6. The molecule has 1 amide bonds. The van der Waals surface area contributed by atoms with Gasteiger partial charge in [0.05, 0.1) is 16.1 Å². The van der Waals surface area contributed by atoms with Crippen LogP contribution >= 0.6 is 11.6 Å². The fourth-order valence-electron chi connectivity index (χ4n) is 6.69. The highest BCUT2D eigenvalue weighted by atomic mass is 35.5. The summed E-state index contributed by atoms with van der Waals surface area (Å²) in [5.74, 6) is -2.04. The van der Waals surface area contributed by atoms with Crippen LogP contribution in [0.15, 0.2) is 72.8 Å². The van der Waals surface area contributed by atoms with Crippen molar-refractivity contribution >= 4 is 41.9 Å². The number of benzene rings is 3. The summed E-state index contributed by atoms with van der Waals surface area (Å²) in [6.45, 7) is 7.28. The predicted molar refractivity (Wildman–Crippen MR) is 156 cm³/mol. The first-order valence-electron chi connectivity index (χ1n) is 13.8. The summed E-state index contributed by atoms with van der Waals surface area (Å²) in [5, 5.41) is 2.43. The molecule has 1 heterocycles. The van der Waals surface area contributed by atoms with E-state index in [2.05, 4.69) is 69.3 Å². The molecule has 1 saturated carbocycles. The van der Waals surface area contributed by atoms with Gasteiger partial charge in [-0.3, -0.25) is 4.79 Å². The van der Waals surface area contributed by atoms with E-state index in [4.69, 9.17) is 16.0 Å². The molecular weight excluding hydrogens is 532 g/mol. The van der Waals surface area contributed by atoms with E-state index in [1.54, 1.807) is 4.90 Å². The average Bonchev–Trinajstić information content (AvgIpc) is 2.92. The van der Waals surface area contributed by atoms with Crippen LogP contribution in [0, 0.1) is 17.0 Å². The molecule has 0 atom stereocenters. The Hall–Kier alpha value is -2.54. The number of rotatable bonds is 5. The molecule has 1 spiro atoms. The Morgan fingerprint density at radius 2 is 1.44 bits per heavy atom. The van der Waals surface area contributed by atoms with E-state index in [0.717, 1.165) is 37.8 Å². The third-order valence-electron chi connectivity index (χ3n) is 8.67. The van der Waals surface area contributed by atoms with E-state index < -0.39 is 25.4 Å². The summed E-state index contributed by atoms with van der Waals surface area (Å²) >= 11 is 6.27. The smallest absolute Gasteiger partial charge is 0.261 e. The van der Waals surface area contributed by atoms with Crippen LogP contribution in [0.3, 0.4) is 0 Å². The van der Waals surface area contributed by atoms with Gasteiger partial charge in [0.25, 0.3) is 8.32 Å². The number of carbonyl (C=O) groups is 1. The minimum atomic E-state index is -2.69. The molecule has 0 bridgehead atoms. The molecule has 3 aromatic rings. The first kappa shape index (κ1) is 28.0. The zero-order chi connectivity index (χ0) is 27.8. The van der Waals surface area contributed by atoms with Gasteiger partial charge in [0, 0.05) is 18.7 Å². The van der Waals surface area contributed by atoms with Crippen LogP contribution in [0.4, 0.5) is 14.5 Å². The standard InChI is InChI=1S/C32H36ClF2NO2Si/c1-31(2,3)39(24-11-6-4-7-12-24,25-13-8-5-9-14-25)38-23-15-18-32(19-16-23)17-10-20-36(30(32)37)29-22-28(35)27(34)21-26(29)33/h4-9,11-14,21-23H,10,15-20H2,1-3H3. The molecule has 0 unspecified atom stereocenters. The molecule has 0 N–H and O–H groups in total. The number of hydrogen-bond donors (Lipinski definition) is 0. The lowest BCUT2D eigenvalue weighted by Gasteiger charge is -2.49. The number of carbonyl (C=O) groups excluding carboxylic acids is 1. The van der Waals surface area contributed by atoms with Crippen LogP contribution in [0.25, 0.3) is 0 Å². The zero-order valence-electron chi connectivity index (χ0n) is 22.9. The van der Waals surface area contributed by atoms with Crippen molar-refractivity contribution in [3.8, 4) is 0 Å². The van der Waals surface area contributed by atoms with Gasteiger partial charge in [0.1, 0.15) is 0 Å². The summed E-state index contributed by atoms with van der Waals surface area (Å²) in [7, 11) is -2.69. The average molecular weight is 568 g/mol. The summed E-state index contributed by atoms with van der Waals surface area (Å²) in [6, 6.07) is 23.2. The Labute approximate surface area is 236 Å². The Morgan fingerprint density at radius 1 is 0.897 bits per heavy atom. The van der Waals surface area contributed by atoms with Gasteiger partial charge in [-0.15, -0.1) is 0 Å². The molecule has 39 heavy (non-hydrogen) atoms. The van der Waals surface area contributed by atoms with Crippen molar-refractivity contribution in [3.05, 3.63) is 89.5 Å². The van der Waals surface area contributed by atoms with Crippen LogP contribution in [0.1, 0.15) is 59.3 Å². The lowest BCUT2D eigenvalue weighted by atomic mass is 9.68. The second kappa shape index (κ2) is 10.8. The quantitative estimate of drug-likeness (QED) is 0.240. The highest BCUT2D eigenvalue weighted by Gasteiger charge is 2.53. The molecular formula is C32H36ClF2NO2Si. The summed E-state index contributed by atoms with van der Waals surface area (Å²) in [6.07, 6.45) is 4.55. The van der Waals surface area contributed by atoms with Gasteiger partial charge in [-0.25, -0.2) is 8.78 Å². The SMILES string of the molecule is CC(C)(C)[Si](OC1CCC2(CCCN(c3cc(F)c(F)cc3Cl)C2=O)CC1)(c1ccccc1)c1ccccc1. The number of hydrogen-bond acceptors (Lipinski definition) is 2. The second-order valence-corrected chi connectivity index (χ2v) is 16.7. The molecule has 206 valence electrons. The molecule has 2 aliphatic rings. The number of anilines is 1. The maximum atomic E-state index is 14.1. The van der Waals surface area contributed by atoms with E-state index >= 15 is 0 Å². The van der Waals surface area contributed by atoms with E-state index in [9.17, 15) is 13.6 Å². The van der Waals surface area contributed by atoms with E-state index in [1.807, 2.05) is 12.1 Å². The first-order chi connectivity index (χ1) is 18.6. The minimum Gasteiger partial charge on any atom is -0.404 e. The van der Waals surface area contributed by atoms with Crippen LogP contribution in [0.5, 0.6) is 0 Å². The highest BCUT2D eigenvalue weighted by molar-refractivity contribution is 6.99. The maximum Gasteiger partial charge on any atom is 0.261 e. The van der Waals surface area contributed by atoms with Crippen molar-refractivity contribution in [1.82, 2.24) is 0 Å². The van der Waals surface area contributed by atoms with Gasteiger partial charge in [0.2, 0.25) is 5.91 Å². The van der Waals surface area contributed by atoms with Crippen LogP contribution < -0.4 is 15.3 Å². The van der Waals surface area contributed by atoms with Crippen molar-refractivity contribution in [2.75, 3.05) is 11.4 Å². The fourth-order valence-corrected chi connectivity index (χ4v) is 11.7. The van der Waals surface area contributed by atoms with Gasteiger partial charge in [-0.1, -0.05) is 93.0 Å². The van der Waals surface area contributed by atoms with Gasteiger partial charge in [-0.2, -0.15) is 0 Å². The molecule has 5 rings (SSSR count). The molecule has 2 fully saturated rings. The van der Waals surface area contributed by atoms with Crippen molar-refractivity contribution in [2.45, 2.75) is 70.4 Å². The van der Waals surface area contributed by atoms with Crippen molar-refractivity contribution in [3.63, 3.8) is 0 Å². The monoisotopic (exact) mass is 567 g/mol. The molecule has 1 aliphatic carbocycles. The fraction of sp³-hybridized carbons (Fsp3) is 0.406. The van der Waals surface area contributed by atoms with Crippen LogP contribution in [-0.4, -0.2) is 26.9 Å². The number of piperidine rings is 1. The molecule has 3 aromatic carbocycles. The lowest BCUT2D eigenvalue weighted by molar-refractivity contribution is -0.133. The van der Waals surface area contributed by atoms with E-state index in [-0.39, 0.29) is 27.8 Å². The summed E-state index contributed by atoms with van der Waals surface area (Å²) in [5.41, 5.74) is -0.275. The molecule has 3 nitrogen and oxygen atoms in total. The Kier molecular flexibility index (Phi) is 7.75. The number of nitrogens with zero attached hydrogens (tertiary/aromatic N) is 1. The maximum absolute atomic E-state index is 14.1. The predicted octanol–water partition coefficient (Wildman–Crippen LogP) is 7.25. The van der Waals surface area contributed by atoms with Gasteiger partial charge < -0.3 is 9.33 Å². The van der Waals surface area contributed by atoms with Gasteiger partial charge in [0.15, 0.2) is 11.6 Å². The second-order valence-electron chi connectivity index (χ2n) is 12.0. The number of halogens is 3. The molecule has 0 radical (unpaired) electrons. The first-order valence-corrected chi connectivity index (χ1v) is 16.1. The summed E-state index contributed by atoms with van der Waals surface area (Å²) in [4.78, 5) is 15.4. The normalized spacial score (nSPS) is 22.4. The van der Waals surface area contributed by atoms with Crippen molar-refractivity contribution < 1.29 is 18.0 Å². The van der Waals surface area contributed by atoms with E-state index in [0.29, 0.717) is 19.4 Å². The Bertz CT molecular complexity index is 1280. The van der Waals surface area contributed by atoms with Gasteiger partial charge >= 0.3 is 0 Å². The van der Waals surface area contributed by atoms with Gasteiger partial charge in [-0.05, 0) is 60.0 Å². The highest BCUT2D eigenvalue weighted by Crippen LogP contribution is 2.48. The van der Waals surface area contributed by atoms with Crippen LogP contribution in [0.2, 0.25) is 10.1 Å². The molecule has 0 aromatic heterocycles. The molecule has 1 aliphatic heterocycles. The molecule has 1 saturated heterocycles. The summed E-state index contributed by atoms with van der Waals surface area (Å²) < 4.78 is 35.1. The van der Waals surface area contributed by atoms with Crippen LogP contribution in [-0.2, 0) is 9.22 Å². The minimum absolute atomic E-state index is 0.0250. The largest absolute Gasteiger partial charge is 0.404 e. The Balaban J connectivity index is 1.42. The molecule has 7 heteroatoms. The van der Waals surface area contributed by atoms with E-state index in [1.165, 1.54) is 10.4 Å². The number of amides is 1. The topological polar surface area (TPSA) is 29.5 Å². The van der Waals surface area contributed by atoms with Crippen molar-refractivity contribution in [1.29, 1.82) is 0 Å². The van der Waals surface area contributed by atoms with Crippen molar-refractivity contribution in [2.24, 2.45) is 5.41 Å². The third-order valence-corrected chi connectivity index (χ3v) is 14.1. The third kappa shape index (κ3) is 5.07. The lowest BCUT2D eigenvalue weighted by Crippen LogP contribution is -2.68.